The van der Waals surface area contributed by atoms with Crippen LogP contribution in [0, 0.1) is 0 Å². The summed E-state index contributed by atoms with van der Waals surface area (Å²) in [6.07, 6.45) is 3.70. The number of pyridine rings is 1. The van der Waals surface area contributed by atoms with Crippen molar-refractivity contribution in [2.75, 3.05) is 12.8 Å². The third-order valence-electron chi connectivity index (χ3n) is 2.98. The van der Waals surface area contributed by atoms with Crippen LogP contribution in [0.1, 0.15) is 0 Å². The van der Waals surface area contributed by atoms with E-state index in [4.69, 9.17) is 10.5 Å². The molecule has 3 rings (SSSR count). The lowest BCUT2D eigenvalue weighted by Crippen LogP contribution is -1.91. The van der Waals surface area contributed by atoms with E-state index in [1.54, 1.807) is 7.11 Å². The maximum atomic E-state index is 5.70. The number of hydrogen-bond acceptors (Lipinski definition) is 3. The molecule has 2 aromatic heterocycles. The number of fused-ring (bicyclic) bond motifs is 1. The number of methoxy groups -OCH3 is 1. The van der Waals surface area contributed by atoms with Gasteiger partial charge in [0.1, 0.15) is 5.52 Å². The zero-order chi connectivity index (χ0) is 12.5. The number of rotatable bonds is 2. The summed E-state index contributed by atoms with van der Waals surface area (Å²) in [5, 5.41) is 1.09. The molecule has 0 saturated heterocycles. The number of ether oxygens (including phenoxy) is 1. The van der Waals surface area contributed by atoms with Crippen molar-refractivity contribution in [3.05, 3.63) is 42.7 Å². The van der Waals surface area contributed by atoms with Crippen molar-refractivity contribution in [3.8, 4) is 17.0 Å². The minimum Gasteiger partial charge on any atom is -0.479 e. The minimum absolute atomic E-state index is 0.606. The molecule has 0 spiro atoms. The molecule has 0 atom stereocenters. The van der Waals surface area contributed by atoms with Crippen LogP contribution in [-0.2, 0) is 0 Å². The molecule has 0 aliphatic rings. The van der Waals surface area contributed by atoms with E-state index in [0.29, 0.717) is 5.88 Å². The first kappa shape index (κ1) is 10.7. The SMILES string of the molecule is COc1ncc(-c2ccc(N)cc2)c2cc[nH]c12. The van der Waals surface area contributed by atoms with Crippen LogP contribution in [0.2, 0.25) is 0 Å². The van der Waals surface area contributed by atoms with E-state index in [1.165, 1.54) is 0 Å². The molecule has 0 aliphatic carbocycles. The van der Waals surface area contributed by atoms with Gasteiger partial charge in [-0.2, -0.15) is 0 Å². The van der Waals surface area contributed by atoms with Gasteiger partial charge >= 0.3 is 0 Å². The van der Waals surface area contributed by atoms with Crippen molar-refractivity contribution in [2.24, 2.45) is 0 Å². The summed E-state index contributed by atoms with van der Waals surface area (Å²) in [6.45, 7) is 0. The summed E-state index contributed by atoms with van der Waals surface area (Å²) in [5.41, 5.74) is 9.51. The van der Waals surface area contributed by atoms with Crippen molar-refractivity contribution in [1.82, 2.24) is 9.97 Å². The highest BCUT2D eigenvalue weighted by Crippen LogP contribution is 2.31. The number of nitrogen functional groups attached to an aromatic ring is 1. The van der Waals surface area contributed by atoms with Crippen molar-refractivity contribution >= 4 is 16.6 Å². The Kier molecular flexibility index (Phi) is 2.41. The summed E-state index contributed by atoms with van der Waals surface area (Å²) >= 11 is 0. The molecule has 2 heterocycles. The molecule has 0 amide bonds. The zero-order valence-corrected chi connectivity index (χ0v) is 9.97. The molecule has 0 bridgehead atoms. The lowest BCUT2D eigenvalue weighted by Gasteiger charge is -2.06. The number of nitrogens with two attached hydrogens (primary N) is 1. The summed E-state index contributed by atoms with van der Waals surface area (Å²) in [6, 6.07) is 9.78. The Balaban J connectivity index is 2.24. The van der Waals surface area contributed by atoms with Gasteiger partial charge in [0.15, 0.2) is 0 Å². The number of H-pyrrole nitrogens is 1. The Morgan fingerprint density at radius 1 is 1.17 bits per heavy atom. The lowest BCUT2D eigenvalue weighted by molar-refractivity contribution is 0.402. The Hall–Kier alpha value is -2.49. The summed E-state index contributed by atoms with van der Waals surface area (Å²) in [5.74, 6) is 0.606. The molecule has 4 nitrogen and oxygen atoms in total. The third kappa shape index (κ3) is 1.59. The van der Waals surface area contributed by atoms with Crippen molar-refractivity contribution in [1.29, 1.82) is 0 Å². The predicted molar refractivity (Wildman–Crippen MR) is 72.5 cm³/mol. The number of aromatic nitrogens is 2. The van der Waals surface area contributed by atoms with Crippen LogP contribution in [0.15, 0.2) is 42.7 Å². The molecular formula is C14H13N3O. The fourth-order valence-corrected chi connectivity index (χ4v) is 2.08. The molecular weight excluding hydrogens is 226 g/mol. The molecule has 4 heteroatoms. The van der Waals surface area contributed by atoms with Gasteiger partial charge in [-0.25, -0.2) is 4.98 Å². The molecule has 0 fully saturated rings. The van der Waals surface area contributed by atoms with E-state index in [-0.39, 0.29) is 0 Å². The number of benzene rings is 1. The average molecular weight is 239 g/mol. The topological polar surface area (TPSA) is 63.9 Å². The van der Waals surface area contributed by atoms with Gasteiger partial charge in [-0.3, -0.25) is 0 Å². The summed E-state index contributed by atoms with van der Waals surface area (Å²) < 4.78 is 5.23. The van der Waals surface area contributed by atoms with E-state index >= 15 is 0 Å². The van der Waals surface area contributed by atoms with Gasteiger partial charge in [0.05, 0.1) is 7.11 Å². The highest BCUT2D eigenvalue weighted by Gasteiger charge is 2.10. The van der Waals surface area contributed by atoms with Crippen LogP contribution in [0.5, 0.6) is 5.88 Å². The van der Waals surface area contributed by atoms with E-state index in [2.05, 4.69) is 9.97 Å². The first-order chi connectivity index (χ1) is 8.79. The van der Waals surface area contributed by atoms with E-state index < -0.39 is 0 Å². The molecule has 18 heavy (non-hydrogen) atoms. The van der Waals surface area contributed by atoms with Crippen LogP contribution >= 0.6 is 0 Å². The molecule has 1 aromatic carbocycles. The van der Waals surface area contributed by atoms with Crippen molar-refractivity contribution in [2.45, 2.75) is 0 Å². The number of nitrogens with zero attached hydrogens (tertiary/aromatic N) is 1. The third-order valence-corrected chi connectivity index (χ3v) is 2.98. The van der Waals surface area contributed by atoms with Crippen molar-refractivity contribution < 1.29 is 4.74 Å². The van der Waals surface area contributed by atoms with Gasteiger partial charge < -0.3 is 15.5 Å². The quantitative estimate of drug-likeness (QED) is 0.676. The van der Waals surface area contributed by atoms with Crippen LogP contribution < -0.4 is 10.5 Å². The molecule has 90 valence electrons. The number of nitrogens with one attached hydrogen (secondary N) is 1. The highest BCUT2D eigenvalue weighted by molar-refractivity contribution is 5.97. The smallest absolute Gasteiger partial charge is 0.238 e. The molecule has 0 saturated carbocycles. The number of hydrogen-bond donors (Lipinski definition) is 2. The lowest BCUT2D eigenvalue weighted by atomic mass is 10.0. The second-order valence-corrected chi connectivity index (χ2v) is 4.07. The average Bonchev–Trinajstić information content (AvgIpc) is 2.88. The van der Waals surface area contributed by atoms with E-state index in [0.717, 1.165) is 27.7 Å². The van der Waals surface area contributed by atoms with Crippen LogP contribution in [-0.4, -0.2) is 17.1 Å². The maximum absolute atomic E-state index is 5.70. The Morgan fingerprint density at radius 3 is 2.67 bits per heavy atom. The van der Waals surface area contributed by atoms with Gasteiger partial charge in [-0.15, -0.1) is 0 Å². The number of anilines is 1. The first-order valence-electron chi connectivity index (χ1n) is 5.65. The van der Waals surface area contributed by atoms with Crippen LogP contribution in [0.25, 0.3) is 22.0 Å². The fraction of sp³-hybridized carbons (Fsp3) is 0.0714. The second kappa shape index (κ2) is 4.07. The van der Waals surface area contributed by atoms with E-state index in [1.807, 2.05) is 42.7 Å². The second-order valence-electron chi connectivity index (χ2n) is 4.07. The maximum Gasteiger partial charge on any atom is 0.238 e. The largest absolute Gasteiger partial charge is 0.479 e. The standard InChI is InChI=1S/C14H13N3O/c1-18-14-13-11(6-7-16-13)12(8-17-14)9-2-4-10(15)5-3-9/h2-8,16H,15H2,1H3. The van der Waals surface area contributed by atoms with Gasteiger partial charge in [0, 0.05) is 29.0 Å². The highest BCUT2D eigenvalue weighted by atomic mass is 16.5. The first-order valence-corrected chi connectivity index (χ1v) is 5.65. The molecule has 0 aliphatic heterocycles. The van der Waals surface area contributed by atoms with Gasteiger partial charge in [-0.05, 0) is 23.8 Å². The monoisotopic (exact) mass is 239 g/mol. The van der Waals surface area contributed by atoms with Crippen LogP contribution in [0.3, 0.4) is 0 Å². The zero-order valence-electron chi connectivity index (χ0n) is 9.97. The molecule has 3 aromatic rings. The summed E-state index contributed by atoms with van der Waals surface area (Å²) in [4.78, 5) is 7.46. The number of aromatic amines is 1. The normalized spacial score (nSPS) is 10.7. The van der Waals surface area contributed by atoms with Crippen LogP contribution in [0.4, 0.5) is 5.69 Å². The predicted octanol–water partition coefficient (Wildman–Crippen LogP) is 2.82. The Morgan fingerprint density at radius 2 is 1.94 bits per heavy atom. The van der Waals surface area contributed by atoms with Gasteiger partial charge in [-0.1, -0.05) is 12.1 Å². The van der Waals surface area contributed by atoms with Gasteiger partial charge in [0.2, 0.25) is 5.88 Å². The molecule has 0 unspecified atom stereocenters. The Labute approximate surface area is 104 Å². The summed E-state index contributed by atoms with van der Waals surface area (Å²) in [7, 11) is 1.62. The van der Waals surface area contributed by atoms with E-state index in [9.17, 15) is 0 Å². The Bertz CT molecular complexity index is 686. The fourth-order valence-electron chi connectivity index (χ4n) is 2.08. The molecule has 0 radical (unpaired) electrons. The minimum atomic E-state index is 0.606. The van der Waals surface area contributed by atoms with Crippen molar-refractivity contribution in [3.63, 3.8) is 0 Å². The molecule has 3 N–H and O–H groups in total. The van der Waals surface area contributed by atoms with Gasteiger partial charge in [0.25, 0.3) is 0 Å².